The van der Waals surface area contributed by atoms with Gasteiger partial charge in [0, 0.05) is 18.0 Å². The molecule has 5 heteroatoms. The Kier molecular flexibility index (Phi) is 4.16. The molecule has 102 valence electrons. The number of rotatable bonds is 5. The van der Waals surface area contributed by atoms with Crippen molar-refractivity contribution in [3.8, 4) is 5.75 Å². The maximum Gasteiger partial charge on any atom is 0.138 e. The third-order valence-electron chi connectivity index (χ3n) is 3.01. The summed E-state index contributed by atoms with van der Waals surface area (Å²) >= 11 is 0. The molecule has 0 aliphatic heterocycles. The van der Waals surface area contributed by atoms with Crippen molar-refractivity contribution < 1.29 is 9.84 Å². The largest absolute Gasteiger partial charge is 0.496 e. The van der Waals surface area contributed by atoms with E-state index in [-0.39, 0.29) is 6.04 Å². The van der Waals surface area contributed by atoms with E-state index in [0.29, 0.717) is 12.2 Å². The van der Waals surface area contributed by atoms with Gasteiger partial charge in [-0.15, -0.1) is 0 Å². The lowest BCUT2D eigenvalue weighted by Crippen LogP contribution is -2.12. The van der Waals surface area contributed by atoms with Crippen LogP contribution in [-0.4, -0.2) is 27.0 Å². The monoisotopic (exact) mass is 261 g/mol. The molecule has 5 nitrogen and oxygen atoms in total. The van der Waals surface area contributed by atoms with Gasteiger partial charge in [0.15, 0.2) is 0 Å². The average Bonchev–Trinajstić information content (AvgIpc) is 2.87. The minimum atomic E-state index is -0.655. The van der Waals surface area contributed by atoms with Gasteiger partial charge in [0.25, 0.3) is 0 Å². The van der Waals surface area contributed by atoms with Gasteiger partial charge in [-0.05, 0) is 19.9 Å². The minimum absolute atomic E-state index is 0.224. The van der Waals surface area contributed by atoms with Crippen molar-refractivity contribution in [1.82, 2.24) is 14.8 Å². The maximum absolute atomic E-state index is 10.3. The van der Waals surface area contributed by atoms with E-state index in [4.69, 9.17) is 4.74 Å². The van der Waals surface area contributed by atoms with E-state index in [1.807, 2.05) is 42.8 Å². The molecule has 0 spiro atoms. The fourth-order valence-corrected chi connectivity index (χ4v) is 2.08. The first kappa shape index (κ1) is 13.5. The molecule has 0 aliphatic carbocycles. The highest BCUT2D eigenvalue weighted by atomic mass is 16.5. The van der Waals surface area contributed by atoms with E-state index < -0.39 is 6.10 Å². The van der Waals surface area contributed by atoms with Crippen molar-refractivity contribution in [2.24, 2.45) is 0 Å². The van der Waals surface area contributed by atoms with Crippen molar-refractivity contribution in [2.45, 2.75) is 32.4 Å². The molecule has 19 heavy (non-hydrogen) atoms. The fourth-order valence-electron chi connectivity index (χ4n) is 2.08. The predicted molar refractivity (Wildman–Crippen MR) is 72.1 cm³/mol. The van der Waals surface area contributed by atoms with Gasteiger partial charge in [0.05, 0.1) is 13.2 Å². The molecule has 0 amide bonds. The van der Waals surface area contributed by atoms with E-state index in [1.165, 1.54) is 6.33 Å². The summed E-state index contributed by atoms with van der Waals surface area (Å²) in [7, 11) is 1.60. The summed E-state index contributed by atoms with van der Waals surface area (Å²) in [5.41, 5.74) is 0.767. The molecular weight excluding hydrogens is 242 g/mol. The zero-order chi connectivity index (χ0) is 13.8. The Morgan fingerprint density at radius 2 is 2.05 bits per heavy atom. The summed E-state index contributed by atoms with van der Waals surface area (Å²) in [5, 5.41) is 14.5. The van der Waals surface area contributed by atoms with Crippen LogP contribution >= 0.6 is 0 Å². The number of para-hydroxylation sites is 1. The lowest BCUT2D eigenvalue weighted by molar-refractivity contribution is 0.169. The summed E-state index contributed by atoms with van der Waals surface area (Å²) in [5.74, 6) is 1.46. The molecule has 1 N–H and O–H groups in total. The Labute approximate surface area is 112 Å². The Bertz CT molecular complexity index is 537. The van der Waals surface area contributed by atoms with Gasteiger partial charge in [-0.2, -0.15) is 5.10 Å². The van der Waals surface area contributed by atoms with Crippen LogP contribution < -0.4 is 4.74 Å². The van der Waals surface area contributed by atoms with E-state index in [1.54, 1.807) is 7.11 Å². The Balaban J connectivity index is 2.21. The van der Waals surface area contributed by atoms with Crippen LogP contribution in [-0.2, 0) is 6.42 Å². The lowest BCUT2D eigenvalue weighted by atomic mass is 10.1. The van der Waals surface area contributed by atoms with Crippen molar-refractivity contribution in [2.75, 3.05) is 7.11 Å². The van der Waals surface area contributed by atoms with Gasteiger partial charge >= 0.3 is 0 Å². The highest BCUT2D eigenvalue weighted by Gasteiger charge is 2.17. The van der Waals surface area contributed by atoms with E-state index in [9.17, 15) is 5.11 Å². The molecule has 0 radical (unpaired) electrons. The number of aliphatic hydroxyl groups is 1. The van der Waals surface area contributed by atoms with Crippen LogP contribution in [0.15, 0.2) is 30.6 Å². The molecule has 1 heterocycles. The van der Waals surface area contributed by atoms with Crippen molar-refractivity contribution in [3.05, 3.63) is 42.0 Å². The second-order valence-corrected chi connectivity index (χ2v) is 4.68. The number of hydrogen-bond acceptors (Lipinski definition) is 4. The number of nitrogens with zero attached hydrogens (tertiary/aromatic N) is 3. The zero-order valence-corrected chi connectivity index (χ0v) is 11.4. The van der Waals surface area contributed by atoms with Crippen molar-refractivity contribution >= 4 is 0 Å². The Hall–Kier alpha value is -1.88. The van der Waals surface area contributed by atoms with Gasteiger partial charge in [-0.3, -0.25) is 0 Å². The molecule has 2 rings (SSSR count). The first-order chi connectivity index (χ1) is 9.13. The molecule has 1 aromatic carbocycles. The minimum Gasteiger partial charge on any atom is -0.496 e. The topological polar surface area (TPSA) is 60.2 Å². The van der Waals surface area contributed by atoms with Gasteiger partial charge < -0.3 is 9.84 Å². The lowest BCUT2D eigenvalue weighted by Gasteiger charge is -2.15. The molecule has 2 aromatic rings. The van der Waals surface area contributed by atoms with Gasteiger partial charge in [0.1, 0.15) is 17.9 Å². The smallest absolute Gasteiger partial charge is 0.138 e. The number of aromatic nitrogens is 3. The number of aliphatic hydroxyl groups excluding tert-OH is 1. The van der Waals surface area contributed by atoms with Gasteiger partial charge in [-0.1, -0.05) is 18.2 Å². The van der Waals surface area contributed by atoms with Crippen molar-refractivity contribution in [1.29, 1.82) is 0 Å². The standard InChI is InChI=1S/C14H19N3O2/c1-10(2)17-14(15-9-16-17)8-12(18)11-6-4-5-7-13(11)19-3/h4-7,9-10,12,18H,8H2,1-3H3. The van der Waals surface area contributed by atoms with E-state index in [2.05, 4.69) is 10.1 Å². The Morgan fingerprint density at radius 3 is 2.74 bits per heavy atom. The number of benzene rings is 1. The second kappa shape index (κ2) is 5.84. The first-order valence-electron chi connectivity index (χ1n) is 6.32. The van der Waals surface area contributed by atoms with Gasteiger partial charge in [-0.25, -0.2) is 9.67 Å². The highest BCUT2D eigenvalue weighted by molar-refractivity contribution is 5.35. The SMILES string of the molecule is COc1ccccc1C(O)Cc1ncnn1C(C)C. The normalized spacial score (nSPS) is 12.7. The summed E-state index contributed by atoms with van der Waals surface area (Å²) in [4.78, 5) is 4.21. The van der Waals surface area contributed by atoms with Crippen LogP contribution in [0.4, 0.5) is 0 Å². The third kappa shape index (κ3) is 2.93. The molecule has 1 unspecified atom stereocenters. The highest BCUT2D eigenvalue weighted by Crippen LogP contribution is 2.27. The summed E-state index contributed by atoms with van der Waals surface area (Å²) in [6.45, 7) is 4.07. The fraction of sp³-hybridized carbons (Fsp3) is 0.429. The van der Waals surface area contributed by atoms with Crippen LogP contribution in [0.1, 0.15) is 37.4 Å². The number of hydrogen-bond donors (Lipinski definition) is 1. The Morgan fingerprint density at radius 1 is 1.32 bits per heavy atom. The van der Waals surface area contributed by atoms with Crippen LogP contribution in [0.3, 0.4) is 0 Å². The van der Waals surface area contributed by atoms with Crippen LogP contribution in [0.5, 0.6) is 5.75 Å². The van der Waals surface area contributed by atoms with E-state index in [0.717, 1.165) is 11.4 Å². The molecule has 1 atom stereocenters. The molecule has 0 bridgehead atoms. The maximum atomic E-state index is 10.3. The summed E-state index contributed by atoms with van der Waals surface area (Å²) in [6, 6.07) is 7.69. The molecular formula is C14H19N3O2. The summed E-state index contributed by atoms with van der Waals surface area (Å²) < 4.78 is 7.08. The van der Waals surface area contributed by atoms with Crippen LogP contribution in [0.25, 0.3) is 0 Å². The summed E-state index contributed by atoms with van der Waals surface area (Å²) in [6.07, 6.45) is 1.28. The number of methoxy groups -OCH3 is 1. The first-order valence-corrected chi connectivity index (χ1v) is 6.32. The molecule has 1 aromatic heterocycles. The molecule has 0 fully saturated rings. The molecule has 0 aliphatic rings. The average molecular weight is 261 g/mol. The predicted octanol–water partition coefficient (Wildman–Crippen LogP) is 2.14. The number of ether oxygens (including phenoxy) is 1. The zero-order valence-electron chi connectivity index (χ0n) is 11.4. The molecule has 0 saturated carbocycles. The van der Waals surface area contributed by atoms with Crippen LogP contribution in [0, 0.1) is 0 Å². The van der Waals surface area contributed by atoms with E-state index >= 15 is 0 Å². The van der Waals surface area contributed by atoms with Crippen molar-refractivity contribution in [3.63, 3.8) is 0 Å². The molecule has 0 saturated heterocycles. The third-order valence-corrected chi connectivity index (χ3v) is 3.01. The van der Waals surface area contributed by atoms with Gasteiger partial charge in [0.2, 0.25) is 0 Å². The quantitative estimate of drug-likeness (QED) is 0.895. The second-order valence-electron chi connectivity index (χ2n) is 4.68. The van der Waals surface area contributed by atoms with Crippen LogP contribution in [0.2, 0.25) is 0 Å².